The van der Waals surface area contributed by atoms with Crippen molar-refractivity contribution in [2.45, 2.75) is 45.6 Å². The van der Waals surface area contributed by atoms with Crippen LogP contribution in [0.4, 0.5) is 4.79 Å². The normalized spacial score (nSPS) is 14.5. The Balaban J connectivity index is 1.64. The van der Waals surface area contributed by atoms with E-state index in [1.807, 2.05) is 50.2 Å². The first-order chi connectivity index (χ1) is 16.3. The minimum atomic E-state index is -1.04. The van der Waals surface area contributed by atoms with E-state index in [1.54, 1.807) is 0 Å². The van der Waals surface area contributed by atoms with Gasteiger partial charge in [0, 0.05) is 18.0 Å². The van der Waals surface area contributed by atoms with Gasteiger partial charge in [0.1, 0.15) is 12.6 Å². The second-order valence-electron chi connectivity index (χ2n) is 8.71. The molecule has 2 amide bonds. The topological polar surface area (TPSA) is 105 Å². The molecule has 2 unspecified atom stereocenters. The van der Waals surface area contributed by atoms with Gasteiger partial charge >= 0.3 is 12.1 Å². The molecule has 0 saturated carbocycles. The van der Waals surface area contributed by atoms with Crippen LogP contribution < -0.4 is 10.6 Å². The fourth-order valence-electron chi connectivity index (χ4n) is 4.10. The van der Waals surface area contributed by atoms with Gasteiger partial charge in [0.2, 0.25) is 5.91 Å². The van der Waals surface area contributed by atoms with E-state index in [2.05, 4.69) is 22.8 Å². The molecule has 0 saturated heterocycles. The van der Waals surface area contributed by atoms with Crippen molar-refractivity contribution < 1.29 is 24.2 Å². The number of carbonyl (C=O) groups excluding carboxylic acids is 2. The van der Waals surface area contributed by atoms with Crippen LogP contribution in [0, 0.1) is 5.92 Å². The van der Waals surface area contributed by atoms with Gasteiger partial charge in [-0.05, 0) is 41.5 Å². The predicted octanol–water partition coefficient (Wildman–Crippen LogP) is 4.48. The third-order valence-corrected chi connectivity index (χ3v) is 6.31. The van der Waals surface area contributed by atoms with E-state index in [1.165, 1.54) is 13.0 Å². The van der Waals surface area contributed by atoms with Crippen molar-refractivity contribution in [1.82, 2.24) is 10.6 Å². The molecule has 0 heterocycles. The Hall–Kier alpha value is -3.61. The number of hydrogen-bond donors (Lipinski definition) is 3. The van der Waals surface area contributed by atoms with Crippen LogP contribution in [0.25, 0.3) is 11.1 Å². The Morgan fingerprint density at radius 2 is 1.65 bits per heavy atom. The van der Waals surface area contributed by atoms with Crippen LogP contribution in [0.2, 0.25) is 0 Å². The molecule has 0 aromatic heterocycles. The van der Waals surface area contributed by atoms with Crippen molar-refractivity contribution in [3.05, 3.63) is 71.3 Å². The minimum Gasteiger partial charge on any atom is -0.478 e. The van der Waals surface area contributed by atoms with E-state index in [9.17, 15) is 14.4 Å². The first kappa shape index (κ1) is 25.0. The minimum absolute atomic E-state index is 0.0656. The van der Waals surface area contributed by atoms with E-state index in [4.69, 9.17) is 9.84 Å². The standard InChI is InChI=1S/C27H32N2O5/c1-4-17(2)15-24(25(30)28-14-13-18(3)26(31)32)29-27(33)34-16-23-21-11-7-5-9-19(21)20-10-6-8-12-22(20)23/h5-13,17,23-24H,4,14-16H2,1-3H3,(H,28,30)(H,29,33)(H,31,32)/b18-13-. The van der Waals surface area contributed by atoms with Crippen LogP contribution in [0.15, 0.2) is 60.2 Å². The van der Waals surface area contributed by atoms with Crippen molar-refractivity contribution >= 4 is 18.0 Å². The number of aliphatic carboxylic acids is 1. The Labute approximate surface area is 200 Å². The second kappa shape index (κ2) is 11.5. The molecule has 0 radical (unpaired) electrons. The molecule has 2 aromatic carbocycles. The number of nitrogens with one attached hydrogen (secondary N) is 2. The van der Waals surface area contributed by atoms with Gasteiger partial charge in [-0.15, -0.1) is 0 Å². The first-order valence-electron chi connectivity index (χ1n) is 11.6. The van der Waals surface area contributed by atoms with E-state index in [0.717, 1.165) is 28.7 Å². The number of carbonyl (C=O) groups is 3. The quantitative estimate of drug-likeness (QED) is 0.450. The second-order valence-corrected chi connectivity index (χ2v) is 8.71. The number of rotatable bonds is 10. The fourth-order valence-corrected chi connectivity index (χ4v) is 4.10. The van der Waals surface area contributed by atoms with E-state index >= 15 is 0 Å². The lowest BCUT2D eigenvalue weighted by atomic mass is 9.98. The van der Waals surface area contributed by atoms with Crippen LogP contribution in [0.3, 0.4) is 0 Å². The molecule has 7 nitrogen and oxygen atoms in total. The summed E-state index contributed by atoms with van der Waals surface area (Å²) in [6, 6.07) is 15.4. The van der Waals surface area contributed by atoms with Crippen LogP contribution in [0.5, 0.6) is 0 Å². The lowest BCUT2D eigenvalue weighted by Crippen LogP contribution is -2.48. The van der Waals surface area contributed by atoms with Crippen molar-refractivity contribution in [3.8, 4) is 11.1 Å². The van der Waals surface area contributed by atoms with E-state index in [-0.39, 0.29) is 36.5 Å². The van der Waals surface area contributed by atoms with Crippen LogP contribution in [-0.2, 0) is 14.3 Å². The molecule has 0 fully saturated rings. The fraction of sp³-hybridized carbons (Fsp3) is 0.370. The van der Waals surface area contributed by atoms with E-state index < -0.39 is 18.1 Å². The molecule has 2 aromatic rings. The number of hydrogen-bond acceptors (Lipinski definition) is 4. The molecule has 3 N–H and O–H groups in total. The molecule has 34 heavy (non-hydrogen) atoms. The van der Waals surface area contributed by atoms with Gasteiger partial charge in [-0.2, -0.15) is 0 Å². The lowest BCUT2D eigenvalue weighted by Gasteiger charge is -2.21. The highest BCUT2D eigenvalue weighted by Gasteiger charge is 2.30. The Morgan fingerprint density at radius 1 is 1.06 bits per heavy atom. The summed E-state index contributed by atoms with van der Waals surface area (Å²) >= 11 is 0. The third-order valence-electron chi connectivity index (χ3n) is 6.31. The maximum Gasteiger partial charge on any atom is 0.407 e. The number of amides is 2. The molecular weight excluding hydrogens is 432 g/mol. The van der Waals surface area contributed by atoms with Crippen LogP contribution in [0.1, 0.15) is 50.7 Å². The average molecular weight is 465 g/mol. The number of ether oxygens (including phenoxy) is 1. The molecule has 1 aliphatic rings. The molecule has 0 spiro atoms. The van der Waals surface area contributed by atoms with Crippen molar-refractivity contribution in [2.24, 2.45) is 5.92 Å². The lowest BCUT2D eigenvalue weighted by molar-refractivity contribution is -0.132. The monoisotopic (exact) mass is 464 g/mol. The van der Waals surface area contributed by atoms with Gasteiger partial charge in [0.25, 0.3) is 0 Å². The predicted molar refractivity (Wildman–Crippen MR) is 130 cm³/mol. The van der Waals surface area contributed by atoms with Crippen molar-refractivity contribution in [3.63, 3.8) is 0 Å². The highest BCUT2D eigenvalue weighted by Crippen LogP contribution is 2.44. The third kappa shape index (κ3) is 6.04. The molecule has 1 aliphatic carbocycles. The van der Waals surface area contributed by atoms with Gasteiger partial charge in [-0.3, -0.25) is 4.79 Å². The summed E-state index contributed by atoms with van der Waals surface area (Å²) in [5.41, 5.74) is 4.66. The van der Waals surface area contributed by atoms with Gasteiger partial charge in [-0.25, -0.2) is 9.59 Å². The van der Waals surface area contributed by atoms with Crippen LogP contribution >= 0.6 is 0 Å². The van der Waals surface area contributed by atoms with Gasteiger partial charge < -0.3 is 20.5 Å². The summed E-state index contributed by atoms with van der Waals surface area (Å²) in [6.07, 6.45) is 2.08. The Bertz CT molecular complexity index is 1030. The summed E-state index contributed by atoms with van der Waals surface area (Å²) in [6.45, 7) is 5.72. The van der Waals surface area contributed by atoms with Gasteiger partial charge in [0.05, 0.1) is 0 Å². The van der Waals surface area contributed by atoms with Crippen molar-refractivity contribution in [1.29, 1.82) is 0 Å². The summed E-state index contributed by atoms with van der Waals surface area (Å²) in [7, 11) is 0. The molecule has 0 aliphatic heterocycles. The summed E-state index contributed by atoms with van der Waals surface area (Å²) in [5.74, 6) is -1.27. The number of carboxylic acids is 1. The summed E-state index contributed by atoms with van der Waals surface area (Å²) in [5, 5.41) is 14.3. The zero-order valence-corrected chi connectivity index (χ0v) is 19.8. The smallest absolute Gasteiger partial charge is 0.407 e. The maximum absolute atomic E-state index is 12.7. The molecule has 3 rings (SSSR count). The highest BCUT2D eigenvalue weighted by atomic mass is 16.5. The Morgan fingerprint density at radius 3 is 2.21 bits per heavy atom. The van der Waals surface area contributed by atoms with E-state index in [0.29, 0.717) is 6.42 Å². The van der Waals surface area contributed by atoms with Gasteiger partial charge in [-0.1, -0.05) is 74.9 Å². The molecule has 180 valence electrons. The highest BCUT2D eigenvalue weighted by molar-refractivity contribution is 5.87. The van der Waals surface area contributed by atoms with Gasteiger partial charge in [0.15, 0.2) is 0 Å². The number of carboxylic acid groups (broad SMARTS) is 1. The summed E-state index contributed by atoms with van der Waals surface area (Å²) < 4.78 is 5.59. The molecule has 2 atom stereocenters. The molecular formula is C27H32N2O5. The number of benzene rings is 2. The zero-order chi connectivity index (χ0) is 24.7. The molecule has 0 bridgehead atoms. The first-order valence-corrected chi connectivity index (χ1v) is 11.6. The molecule has 7 heteroatoms. The largest absolute Gasteiger partial charge is 0.478 e. The van der Waals surface area contributed by atoms with Crippen LogP contribution in [-0.4, -0.2) is 42.3 Å². The zero-order valence-electron chi connectivity index (χ0n) is 19.8. The average Bonchev–Trinajstić information content (AvgIpc) is 3.15. The SMILES string of the molecule is CCC(C)CC(NC(=O)OCC1c2ccccc2-c2ccccc21)C(=O)NC/C=C(/C)C(=O)O. The Kier molecular flexibility index (Phi) is 8.46. The number of alkyl carbamates (subject to hydrolysis) is 1. The summed E-state index contributed by atoms with van der Waals surface area (Å²) in [4.78, 5) is 36.3. The van der Waals surface area contributed by atoms with Crippen molar-refractivity contribution in [2.75, 3.05) is 13.2 Å². The maximum atomic E-state index is 12.7. The number of fused-ring (bicyclic) bond motifs is 3.